The van der Waals surface area contributed by atoms with Gasteiger partial charge in [0.1, 0.15) is 0 Å². The van der Waals surface area contributed by atoms with Crippen molar-refractivity contribution in [2.75, 3.05) is 13.2 Å². The molecule has 4 nitrogen and oxygen atoms in total. The van der Waals surface area contributed by atoms with Gasteiger partial charge in [-0.2, -0.15) is 8.42 Å². The maximum absolute atomic E-state index is 11.8. The molecular weight excluding hydrogens is 276 g/mol. The second-order valence-electron chi connectivity index (χ2n) is 4.79. The Hall–Kier alpha value is -0.910. The van der Waals surface area contributed by atoms with Crippen molar-refractivity contribution in [2.45, 2.75) is 49.8 Å². The van der Waals surface area contributed by atoms with E-state index in [-0.39, 0.29) is 18.1 Å². The molecule has 0 aliphatic heterocycles. The Kier molecular flexibility index (Phi) is 8.49. The van der Waals surface area contributed by atoms with Gasteiger partial charge in [0.25, 0.3) is 10.1 Å². The van der Waals surface area contributed by atoms with Gasteiger partial charge in [-0.15, -0.1) is 0 Å². The Morgan fingerprint density at radius 2 is 1.40 bits per heavy atom. The smallest absolute Gasteiger partial charge is 0.296 e. The standard InChI is InChI=1S/C15H24O4S/c16-13-9-4-2-1-3-5-10-14-19-20(17,18)15-11-7-6-8-12-15/h6-8,11-12,16H,1-5,9-10,13-14H2. The lowest BCUT2D eigenvalue weighted by Crippen LogP contribution is -2.07. The number of unbranched alkanes of at least 4 members (excludes halogenated alkanes) is 6. The first kappa shape index (κ1) is 17.1. The van der Waals surface area contributed by atoms with Gasteiger partial charge in [0, 0.05) is 6.61 Å². The minimum atomic E-state index is -3.59. The minimum absolute atomic E-state index is 0.212. The average Bonchev–Trinajstić information content (AvgIpc) is 2.46. The minimum Gasteiger partial charge on any atom is -0.396 e. The van der Waals surface area contributed by atoms with E-state index in [2.05, 4.69) is 0 Å². The lowest BCUT2D eigenvalue weighted by Gasteiger charge is -2.05. The molecular formula is C15H24O4S. The third-order valence-corrected chi connectivity index (χ3v) is 4.40. The Labute approximate surface area is 121 Å². The van der Waals surface area contributed by atoms with E-state index in [0.717, 1.165) is 44.9 Å². The largest absolute Gasteiger partial charge is 0.396 e. The van der Waals surface area contributed by atoms with E-state index >= 15 is 0 Å². The van der Waals surface area contributed by atoms with E-state index in [4.69, 9.17) is 9.29 Å². The number of aliphatic hydroxyl groups is 1. The zero-order valence-electron chi connectivity index (χ0n) is 11.8. The summed E-state index contributed by atoms with van der Waals surface area (Å²) in [6.45, 7) is 0.513. The fraction of sp³-hybridized carbons (Fsp3) is 0.600. The zero-order chi connectivity index (χ0) is 14.7. The maximum Gasteiger partial charge on any atom is 0.296 e. The fourth-order valence-corrected chi connectivity index (χ4v) is 2.89. The van der Waals surface area contributed by atoms with E-state index in [1.807, 2.05) is 0 Å². The van der Waals surface area contributed by atoms with Crippen LogP contribution >= 0.6 is 0 Å². The van der Waals surface area contributed by atoms with Gasteiger partial charge in [0.05, 0.1) is 11.5 Å². The molecule has 0 unspecified atom stereocenters. The van der Waals surface area contributed by atoms with Crippen molar-refractivity contribution < 1.29 is 17.7 Å². The number of hydrogen-bond donors (Lipinski definition) is 1. The molecule has 0 aliphatic carbocycles. The quantitative estimate of drug-likeness (QED) is 0.504. The fourth-order valence-electron chi connectivity index (χ4n) is 1.92. The van der Waals surface area contributed by atoms with Crippen LogP contribution in [-0.2, 0) is 14.3 Å². The van der Waals surface area contributed by atoms with Crippen LogP contribution in [0.2, 0.25) is 0 Å². The van der Waals surface area contributed by atoms with Crippen molar-refractivity contribution in [1.82, 2.24) is 0 Å². The van der Waals surface area contributed by atoms with E-state index in [1.54, 1.807) is 18.2 Å². The average molecular weight is 300 g/mol. The second-order valence-corrected chi connectivity index (χ2v) is 6.40. The van der Waals surface area contributed by atoms with Gasteiger partial charge in [-0.25, -0.2) is 0 Å². The lowest BCUT2D eigenvalue weighted by atomic mass is 10.1. The lowest BCUT2D eigenvalue weighted by molar-refractivity contribution is 0.281. The van der Waals surface area contributed by atoms with Gasteiger partial charge in [0.15, 0.2) is 0 Å². The van der Waals surface area contributed by atoms with Crippen LogP contribution in [0.5, 0.6) is 0 Å². The topological polar surface area (TPSA) is 63.6 Å². The Bertz CT molecular complexity index is 442. The molecule has 0 aromatic heterocycles. The summed E-state index contributed by atoms with van der Waals surface area (Å²) in [5.41, 5.74) is 0. The summed E-state index contributed by atoms with van der Waals surface area (Å²) < 4.78 is 28.6. The monoisotopic (exact) mass is 300 g/mol. The second kappa shape index (κ2) is 9.91. The van der Waals surface area contributed by atoms with Crippen LogP contribution in [0.25, 0.3) is 0 Å². The number of hydrogen-bond acceptors (Lipinski definition) is 4. The van der Waals surface area contributed by atoms with E-state index in [9.17, 15) is 8.42 Å². The van der Waals surface area contributed by atoms with Gasteiger partial charge in [-0.05, 0) is 25.0 Å². The SMILES string of the molecule is O=S(=O)(OCCCCCCCCCO)c1ccccc1. The highest BCUT2D eigenvalue weighted by atomic mass is 32.2. The summed E-state index contributed by atoms with van der Waals surface area (Å²) >= 11 is 0. The van der Waals surface area contributed by atoms with Crippen LogP contribution in [0.1, 0.15) is 44.9 Å². The van der Waals surface area contributed by atoms with Crippen molar-refractivity contribution in [3.05, 3.63) is 30.3 Å². The van der Waals surface area contributed by atoms with Crippen LogP contribution in [0, 0.1) is 0 Å². The molecule has 0 radical (unpaired) electrons. The number of rotatable bonds is 11. The van der Waals surface area contributed by atoms with Gasteiger partial charge < -0.3 is 5.11 Å². The Morgan fingerprint density at radius 1 is 0.850 bits per heavy atom. The summed E-state index contributed by atoms with van der Waals surface area (Å²) in [6.07, 6.45) is 7.01. The van der Waals surface area contributed by atoms with Crippen molar-refractivity contribution in [2.24, 2.45) is 0 Å². The first-order chi connectivity index (χ1) is 9.67. The number of benzene rings is 1. The molecule has 0 atom stereocenters. The molecule has 0 bridgehead atoms. The third kappa shape index (κ3) is 7.03. The molecule has 1 aromatic rings. The number of aliphatic hydroxyl groups excluding tert-OH is 1. The molecule has 0 aliphatic rings. The molecule has 0 amide bonds. The summed E-state index contributed by atoms with van der Waals surface area (Å²) in [5.74, 6) is 0. The van der Waals surface area contributed by atoms with Crippen molar-refractivity contribution in [3.63, 3.8) is 0 Å². The molecule has 0 saturated heterocycles. The third-order valence-electron chi connectivity index (χ3n) is 3.07. The Balaban J connectivity index is 2.09. The van der Waals surface area contributed by atoms with Crippen LogP contribution in [0.15, 0.2) is 35.2 Å². The summed E-state index contributed by atoms with van der Waals surface area (Å²) in [7, 11) is -3.59. The highest BCUT2D eigenvalue weighted by Gasteiger charge is 2.13. The predicted molar refractivity (Wildman–Crippen MR) is 79.0 cm³/mol. The highest BCUT2D eigenvalue weighted by molar-refractivity contribution is 7.86. The van der Waals surface area contributed by atoms with E-state index < -0.39 is 10.1 Å². The van der Waals surface area contributed by atoms with Crippen LogP contribution in [-0.4, -0.2) is 26.7 Å². The maximum atomic E-state index is 11.8. The predicted octanol–water partition coefficient (Wildman–Crippen LogP) is 3.11. The molecule has 0 heterocycles. The van der Waals surface area contributed by atoms with E-state index in [1.165, 1.54) is 12.1 Å². The van der Waals surface area contributed by atoms with Crippen LogP contribution < -0.4 is 0 Å². The first-order valence-corrected chi connectivity index (χ1v) is 8.63. The van der Waals surface area contributed by atoms with Gasteiger partial charge in [0.2, 0.25) is 0 Å². The van der Waals surface area contributed by atoms with Gasteiger partial charge in [-0.1, -0.05) is 50.3 Å². The van der Waals surface area contributed by atoms with E-state index in [0.29, 0.717) is 0 Å². The van der Waals surface area contributed by atoms with Crippen molar-refractivity contribution >= 4 is 10.1 Å². The Morgan fingerprint density at radius 3 is 2.00 bits per heavy atom. The molecule has 20 heavy (non-hydrogen) atoms. The van der Waals surface area contributed by atoms with Crippen molar-refractivity contribution in [3.8, 4) is 0 Å². The normalized spacial score (nSPS) is 11.7. The molecule has 0 spiro atoms. The summed E-state index contributed by atoms with van der Waals surface area (Å²) in [4.78, 5) is 0.212. The van der Waals surface area contributed by atoms with Crippen LogP contribution in [0.4, 0.5) is 0 Å². The highest BCUT2D eigenvalue weighted by Crippen LogP contribution is 2.13. The molecule has 0 fully saturated rings. The first-order valence-electron chi connectivity index (χ1n) is 7.22. The molecule has 1 aromatic carbocycles. The molecule has 0 saturated carbocycles. The summed E-state index contributed by atoms with van der Waals surface area (Å²) in [5, 5.41) is 8.64. The summed E-state index contributed by atoms with van der Waals surface area (Å²) in [6, 6.07) is 8.22. The van der Waals surface area contributed by atoms with Gasteiger partial charge in [-0.3, -0.25) is 4.18 Å². The van der Waals surface area contributed by atoms with Crippen LogP contribution in [0.3, 0.4) is 0 Å². The molecule has 1 N–H and O–H groups in total. The molecule has 5 heteroatoms. The zero-order valence-corrected chi connectivity index (χ0v) is 12.6. The van der Waals surface area contributed by atoms with Crippen molar-refractivity contribution in [1.29, 1.82) is 0 Å². The van der Waals surface area contributed by atoms with Gasteiger partial charge >= 0.3 is 0 Å². The molecule has 114 valence electrons. The molecule has 1 rings (SSSR count).